The van der Waals surface area contributed by atoms with Crippen molar-refractivity contribution in [2.75, 3.05) is 6.61 Å². The highest BCUT2D eigenvalue weighted by Gasteiger charge is 2.05. The molecule has 21 heavy (non-hydrogen) atoms. The Balaban J connectivity index is 1.70. The molecular formula is C16H15F2NO2. The molecule has 3 nitrogen and oxygen atoms in total. The van der Waals surface area contributed by atoms with Crippen LogP contribution >= 0.6 is 0 Å². The number of halogens is 2. The van der Waals surface area contributed by atoms with E-state index in [0.717, 1.165) is 5.56 Å². The second-order valence-corrected chi connectivity index (χ2v) is 4.43. The Morgan fingerprint density at radius 1 is 1.05 bits per heavy atom. The highest BCUT2D eigenvalue weighted by molar-refractivity contribution is 5.75. The zero-order valence-electron chi connectivity index (χ0n) is 11.3. The molecule has 0 aromatic heterocycles. The van der Waals surface area contributed by atoms with Crippen LogP contribution < -0.4 is 10.1 Å². The molecule has 0 radical (unpaired) electrons. The maximum Gasteiger partial charge on any atom is 0.223 e. The van der Waals surface area contributed by atoms with Gasteiger partial charge < -0.3 is 10.1 Å². The van der Waals surface area contributed by atoms with Crippen molar-refractivity contribution >= 4 is 5.91 Å². The minimum atomic E-state index is -0.454. The summed E-state index contributed by atoms with van der Waals surface area (Å²) in [6, 6.07) is 11.9. The topological polar surface area (TPSA) is 38.3 Å². The molecule has 0 aliphatic rings. The van der Waals surface area contributed by atoms with E-state index in [4.69, 9.17) is 4.74 Å². The number of hydrogen-bond acceptors (Lipinski definition) is 2. The molecule has 110 valence electrons. The predicted octanol–water partition coefficient (Wildman–Crippen LogP) is 3.05. The maximum absolute atomic E-state index is 13.3. The van der Waals surface area contributed by atoms with Crippen molar-refractivity contribution in [3.63, 3.8) is 0 Å². The van der Waals surface area contributed by atoms with Gasteiger partial charge in [-0.2, -0.15) is 0 Å². The van der Waals surface area contributed by atoms with E-state index in [0.29, 0.717) is 6.54 Å². The molecule has 0 atom stereocenters. The largest absolute Gasteiger partial charge is 0.490 e. The van der Waals surface area contributed by atoms with E-state index < -0.39 is 5.82 Å². The van der Waals surface area contributed by atoms with Gasteiger partial charge in [0.1, 0.15) is 5.82 Å². The van der Waals surface area contributed by atoms with Gasteiger partial charge in [0.2, 0.25) is 5.91 Å². The number of hydrogen-bond donors (Lipinski definition) is 1. The van der Waals surface area contributed by atoms with Crippen LogP contribution in [0.4, 0.5) is 8.78 Å². The zero-order valence-corrected chi connectivity index (χ0v) is 11.3. The normalized spacial score (nSPS) is 10.2. The molecule has 0 fully saturated rings. The minimum Gasteiger partial charge on any atom is -0.490 e. The van der Waals surface area contributed by atoms with E-state index in [1.807, 2.05) is 0 Å². The van der Waals surface area contributed by atoms with Crippen LogP contribution in [0.15, 0.2) is 48.5 Å². The van der Waals surface area contributed by atoms with Crippen molar-refractivity contribution in [3.05, 3.63) is 65.7 Å². The number of rotatable bonds is 6. The van der Waals surface area contributed by atoms with Gasteiger partial charge in [0, 0.05) is 6.54 Å². The molecule has 0 spiro atoms. The molecule has 0 aliphatic carbocycles. The van der Waals surface area contributed by atoms with Gasteiger partial charge in [-0.1, -0.05) is 24.3 Å². The number of amides is 1. The quantitative estimate of drug-likeness (QED) is 0.888. The summed E-state index contributed by atoms with van der Waals surface area (Å²) in [7, 11) is 0. The third-order valence-corrected chi connectivity index (χ3v) is 2.83. The molecule has 2 aromatic carbocycles. The third kappa shape index (κ3) is 4.87. The van der Waals surface area contributed by atoms with Crippen LogP contribution in [0.3, 0.4) is 0 Å². The summed E-state index contributed by atoms with van der Waals surface area (Å²) in [5.74, 6) is -0.855. The van der Waals surface area contributed by atoms with Crippen LogP contribution in [0.1, 0.15) is 12.0 Å². The second kappa shape index (κ2) is 7.38. The Bertz CT molecular complexity index is 599. The smallest absolute Gasteiger partial charge is 0.223 e. The van der Waals surface area contributed by atoms with E-state index >= 15 is 0 Å². The number of carbonyl (C=O) groups is 1. The standard InChI is InChI=1S/C16H15F2NO2/c17-13-7-5-12(6-8-13)11-19-16(20)9-10-21-15-4-2-1-3-14(15)18/h1-8H,9-11H2,(H,19,20). The second-order valence-electron chi connectivity index (χ2n) is 4.43. The first kappa shape index (κ1) is 15.0. The molecule has 2 rings (SSSR count). The molecule has 0 saturated carbocycles. The SMILES string of the molecule is O=C(CCOc1ccccc1F)NCc1ccc(F)cc1. The Hall–Kier alpha value is -2.43. The van der Waals surface area contributed by atoms with E-state index in [9.17, 15) is 13.6 Å². The van der Waals surface area contributed by atoms with E-state index in [-0.39, 0.29) is 30.5 Å². The van der Waals surface area contributed by atoms with E-state index in [1.165, 1.54) is 24.3 Å². The number of ether oxygens (including phenoxy) is 1. The molecule has 1 amide bonds. The number of benzene rings is 2. The predicted molar refractivity (Wildman–Crippen MR) is 74.8 cm³/mol. The summed E-state index contributed by atoms with van der Waals surface area (Å²) in [5.41, 5.74) is 0.805. The summed E-state index contributed by atoms with van der Waals surface area (Å²) in [4.78, 5) is 11.6. The Kier molecular flexibility index (Phi) is 5.26. The molecule has 0 bridgehead atoms. The average Bonchev–Trinajstić information content (AvgIpc) is 2.49. The van der Waals surface area contributed by atoms with Crippen LogP contribution in [0.2, 0.25) is 0 Å². The maximum atomic E-state index is 13.3. The monoisotopic (exact) mass is 291 g/mol. The minimum absolute atomic E-state index is 0.0934. The fraction of sp³-hybridized carbons (Fsp3) is 0.188. The van der Waals surface area contributed by atoms with Gasteiger partial charge in [-0.15, -0.1) is 0 Å². The summed E-state index contributed by atoms with van der Waals surface area (Å²) < 4.78 is 31.2. The molecule has 0 aliphatic heterocycles. The number of para-hydroxylation sites is 1. The Labute approximate surface area is 121 Å². The fourth-order valence-corrected chi connectivity index (χ4v) is 1.71. The lowest BCUT2D eigenvalue weighted by Gasteiger charge is -2.08. The summed E-state index contributed by atoms with van der Waals surface area (Å²) in [6.45, 7) is 0.412. The van der Waals surface area contributed by atoms with Crippen LogP contribution in [-0.2, 0) is 11.3 Å². The van der Waals surface area contributed by atoms with Crippen LogP contribution in [0, 0.1) is 11.6 Å². The first-order chi connectivity index (χ1) is 10.1. The van der Waals surface area contributed by atoms with Gasteiger partial charge in [0.25, 0.3) is 0 Å². The van der Waals surface area contributed by atoms with Crippen LogP contribution in [-0.4, -0.2) is 12.5 Å². The van der Waals surface area contributed by atoms with Gasteiger partial charge in [0.15, 0.2) is 11.6 Å². The van der Waals surface area contributed by atoms with E-state index in [2.05, 4.69) is 5.32 Å². The van der Waals surface area contributed by atoms with Crippen LogP contribution in [0.5, 0.6) is 5.75 Å². The average molecular weight is 291 g/mol. The highest BCUT2D eigenvalue weighted by Crippen LogP contribution is 2.15. The number of carbonyl (C=O) groups excluding carboxylic acids is 1. The lowest BCUT2D eigenvalue weighted by Crippen LogP contribution is -2.24. The van der Waals surface area contributed by atoms with Gasteiger partial charge in [-0.05, 0) is 29.8 Å². The van der Waals surface area contributed by atoms with Gasteiger partial charge in [0.05, 0.1) is 13.0 Å². The molecule has 5 heteroatoms. The fourth-order valence-electron chi connectivity index (χ4n) is 1.71. The highest BCUT2D eigenvalue weighted by atomic mass is 19.1. The molecule has 0 heterocycles. The summed E-state index contributed by atoms with van der Waals surface area (Å²) >= 11 is 0. The lowest BCUT2D eigenvalue weighted by molar-refractivity contribution is -0.121. The van der Waals surface area contributed by atoms with Crippen molar-refractivity contribution in [3.8, 4) is 5.75 Å². The van der Waals surface area contributed by atoms with Crippen LogP contribution in [0.25, 0.3) is 0 Å². The van der Waals surface area contributed by atoms with Crippen molar-refractivity contribution in [1.82, 2.24) is 5.32 Å². The summed E-state index contributed by atoms with van der Waals surface area (Å²) in [5, 5.41) is 2.68. The first-order valence-electron chi connectivity index (χ1n) is 6.53. The molecule has 1 N–H and O–H groups in total. The molecule has 0 saturated heterocycles. The first-order valence-corrected chi connectivity index (χ1v) is 6.53. The van der Waals surface area contributed by atoms with Crippen molar-refractivity contribution in [1.29, 1.82) is 0 Å². The van der Waals surface area contributed by atoms with E-state index in [1.54, 1.807) is 24.3 Å². The van der Waals surface area contributed by atoms with Gasteiger partial charge in [-0.3, -0.25) is 4.79 Å². The van der Waals surface area contributed by atoms with Gasteiger partial charge >= 0.3 is 0 Å². The summed E-state index contributed by atoms with van der Waals surface area (Å²) in [6.07, 6.45) is 0.121. The molecule has 0 unspecified atom stereocenters. The van der Waals surface area contributed by atoms with Crippen molar-refractivity contribution in [2.45, 2.75) is 13.0 Å². The van der Waals surface area contributed by atoms with Crippen molar-refractivity contribution in [2.24, 2.45) is 0 Å². The Morgan fingerprint density at radius 2 is 1.76 bits per heavy atom. The third-order valence-electron chi connectivity index (χ3n) is 2.83. The Morgan fingerprint density at radius 3 is 2.48 bits per heavy atom. The zero-order chi connectivity index (χ0) is 15.1. The van der Waals surface area contributed by atoms with Crippen molar-refractivity contribution < 1.29 is 18.3 Å². The molecular weight excluding hydrogens is 276 g/mol. The molecule has 2 aromatic rings. The number of nitrogens with one attached hydrogen (secondary N) is 1. The van der Waals surface area contributed by atoms with Gasteiger partial charge in [-0.25, -0.2) is 8.78 Å². The lowest BCUT2D eigenvalue weighted by atomic mass is 10.2.